The van der Waals surface area contributed by atoms with E-state index in [2.05, 4.69) is 4.74 Å². The third-order valence-electron chi connectivity index (χ3n) is 2.27. The smallest absolute Gasteiger partial charge is 0.320 e. The highest BCUT2D eigenvalue weighted by Crippen LogP contribution is 2.29. The van der Waals surface area contributed by atoms with Crippen molar-refractivity contribution in [2.24, 2.45) is 5.92 Å². The molecule has 0 saturated carbocycles. The fraction of sp³-hybridized carbons (Fsp3) is 0.625. The van der Waals surface area contributed by atoms with Gasteiger partial charge < -0.3 is 9.47 Å². The number of fused-ring (bicyclic) bond motifs is 1. The number of cyclic esters (lactones) is 2. The molecule has 70 valence electrons. The first-order chi connectivity index (χ1) is 6.16. The van der Waals surface area contributed by atoms with Gasteiger partial charge in [0.1, 0.15) is 12.0 Å². The predicted octanol–water partition coefficient (Wildman–Crippen LogP) is -0.218. The van der Waals surface area contributed by atoms with Crippen LogP contribution in [0.2, 0.25) is 0 Å². The van der Waals surface area contributed by atoms with E-state index in [1.165, 1.54) is 0 Å². The van der Waals surface area contributed by atoms with E-state index in [0.29, 0.717) is 6.42 Å². The van der Waals surface area contributed by atoms with Gasteiger partial charge in [-0.1, -0.05) is 0 Å². The average Bonchev–Trinajstić information content (AvgIpc) is 2.38. The van der Waals surface area contributed by atoms with Gasteiger partial charge in [0, 0.05) is 6.42 Å². The highest BCUT2D eigenvalue weighted by atomic mass is 16.6. The molecule has 2 rings (SSSR count). The summed E-state index contributed by atoms with van der Waals surface area (Å²) >= 11 is 0. The number of hydrogen-bond donors (Lipinski definition) is 0. The van der Waals surface area contributed by atoms with Gasteiger partial charge in [0.15, 0.2) is 0 Å². The molecule has 2 aliphatic rings. The Labute approximate surface area is 74.0 Å². The Balaban J connectivity index is 2.18. The lowest BCUT2D eigenvalue weighted by molar-refractivity contribution is -0.161. The molecule has 0 aromatic carbocycles. The molecule has 0 aliphatic carbocycles. The zero-order chi connectivity index (χ0) is 9.42. The summed E-state index contributed by atoms with van der Waals surface area (Å²) in [5, 5.41) is 0. The van der Waals surface area contributed by atoms with Gasteiger partial charge in [0.2, 0.25) is 0 Å². The molecular weight excluding hydrogens is 176 g/mol. The van der Waals surface area contributed by atoms with E-state index in [0.717, 1.165) is 0 Å². The van der Waals surface area contributed by atoms with Gasteiger partial charge >= 0.3 is 17.9 Å². The highest BCUT2D eigenvalue weighted by Gasteiger charge is 2.43. The van der Waals surface area contributed by atoms with Crippen LogP contribution >= 0.6 is 0 Å². The number of rotatable bonds is 0. The van der Waals surface area contributed by atoms with Gasteiger partial charge in [-0.05, 0) is 6.42 Å². The number of ether oxygens (including phenoxy) is 2. The summed E-state index contributed by atoms with van der Waals surface area (Å²) in [5.41, 5.74) is 0. The molecule has 2 fully saturated rings. The molecule has 0 aromatic rings. The largest absolute Gasteiger partial charge is 0.461 e. The van der Waals surface area contributed by atoms with E-state index in [-0.39, 0.29) is 18.8 Å². The van der Waals surface area contributed by atoms with Crippen LogP contribution in [0.1, 0.15) is 19.3 Å². The SMILES string of the molecule is O=C1CCC2OC(=O)CC2C(=O)O1. The molecule has 0 N–H and O–H groups in total. The van der Waals surface area contributed by atoms with Gasteiger partial charge in [-0.25, -0.2) is 0 Å². The fourth-order valence-corrected chi connectivity index (χ4v) is 1.60. The van der Waals surface area contributed by atoms with Crippen LogP contribution in [0.15, 0.2) is 0 Å². The van der Waals surface area contributed by atoms with E-state index < -0.39 is 24.0 Å². The van der Waals surface area contributed by atoms with Crippen LogP contribution in [-0.2, 0) is 23.9 Å². The second-order valence-corrected chi connectivity index (χ2v) is 3.17. The molecular formula is C8H8O5. The van der Waals surface area contributed by atoms with Crippen molar-refractivity contribution in [1.82, 2.24) is 0 Å². The molecule has 2 aliphatic heterocycles. The minimum absolute atomic E-state index is 0.0385. The lowest BCUT2D eigenvalue weighted by Crippen LogP contribution is -2.23. The fourth-order valence-electron chi connectivity index (χ4n) is 1.60. The van der Waals surface area contributed by atoms with Crippen molar-refractivity contribution in [3.8, 4) is 0 Å². The summed E-state index contributed by atoms with van der Waals surface area (Å²) in [4.78, 5) is 32.8. The first-order valence-electron chi connectivity index (χ1n) is 4.11. The van der Waals surface area contributed by atoms with Crippen LogP contribution in [0.3, 0.4) is 0 Å². The summed E-state index contributed by atoms with van der Waals surface area (Å²) in [6, 6.07) is 0. The molecule has 5 nitrogen and oxygen atoms in total. The maximum atomic E-state index is 11.2. The Morgan fingerprint density at radius 3 is 2.69 bits per heavy atom. The standard InChI is InChI=1S/C8H8O5/c9-6-2-1-5-4(8(11)13-6)3-7(10)12-5/h4-5H,1-3H2. The highest BCUT2D eigenvalue weighted by molar-refractivity contribution is 5.91. The van der Waals surface area contributed by atoms with Crippen molar-refractivity contribution in [1.29, 1.82) is 0 Å². The molecule has 0 spiro atoms. The lowest BCUT2D eigenvalue weighted by Gasteiger charge is -2.09. The summed E-state index contributed by atoms with van der Waals surface area (Å²) in [6.07, 6.45) is 0.115. The molecule has 2 saturated heterocycles. The van der Waals surface area contributed by atoms with Crippen LogP contribution in [0.4, 0.5) is 0 Å². The third kappa shape index (κ3) is 1.41. The quantitative estimate of drug-likeness (QED) is 0.384. The first-order valence-corrected chi connectivity index (χ1v) is 4.11. The number of carbonyl (C=O) groups is 3. The van der Waals surface area contributed by atoms with Crippen LogP contribution in [0, 0.1) is 5.92 Å². The number of carbonyl (C=O) groups excluding carboxylic acids is 3. The van der Waals surface area contributed by atoms with E-state index in [4.69, 9.17) is 4.74 Å². The number of esters is 3. The van der Waals surface area contributed by atoms with Crippen LogP contribution in [0.25, 0.3) is 0 Å². The van der Waals surface area contributed by atoms with E-state index in [1.807, 2.05) is 0 Å². The van der Waals surface area contributed by atoms with Crippen LogP contribution < -0.4 is 0 Å². The van der Waals surface area contributed by atoms with E-state index in [1.54, 1.807) is 0 Å². The second kappa shape index (κ2) is 2.83. The molecule has 2 heterocycles. The van der Waals surface area contributed by atoms with Crippen molar-refractivity contribution < 1.29 is 23.9 Å². The van der Waals surface area contributed by atoms with Crippen molar-refractivity contribution in [3.05, 3.63) is 0 Å². The van der Waals surface area contributed by atoms with Crippen molar-refractivity contribution in [2.45, 2.75) is 25.4 Å². The topological polar surface area (TPSA) is 69.7 Å². The zero-order valence-electron chi connectivity index (χ0n) is 6.82. The van der Waals surface area contributed by atoms with Gasteiger partial charge in [-0.15, -0.1) is 0 Å². The molecule has 13 heavy (non-hydrogen) atoms. The van der Waals surface area contributed by atoms with Gasteiger partial charge in [-0.3, -0.25) is 14.4 Å². The summed E-state index contributed by atoms with van der Waals surface area (Å²) < 4.78 is 9.34. The normalized spacial score (nSPS) is 33.4. The minimum Gasteiger partial charge on any atom is -0.461 e. The molecule has 0 aromatic heterocycles. The molecule has 0 bridgehead atoms. The Morgan fingerprint density at radius 2 is 1.92 bits per heavy atom. The molecule has 2 unspecified atom stereocenters. The monoisotopic (exact) mass is 184 g/mol. The van der Waals surface area contributed by atoms with Gasteiger partial charge in [0.05, 0.1) is 6.42 Å². The van der Waals surface area contributed by atoms with Crippen molar-refractivity contribution in [3.63, 3.8) is 0 Å². The van der Waals surface area contributed by atoms with Crippen molar-refractivity contribution in [2.75, 3.05) is 0 Å². The Kier molecular flexibility index (Phi) is 1.79. The third-order valence-corrected chi connectivity index (χ3v) is 2.27. The maximum absolute atomic E-state index is 11.2. The molecule has 5 heteroatoms. The predicted molar refractivity (Wildman–Crippen MR) is 38.3 cm³/mol. The number of hydrogen-bond acceptors (Lipinski definition) is 5. The van der Waals surface area contributed by atoms with Crippen LogP contribution in [0.5, 0.6) is 0 Å². The van der Waals surface area contributed by atoms with Crippen molar-refractivity contribution >= 4 is 17.9 Å². The van der Waals surface area contributed by atoms with E-state index >= 15 is 0 Å². The molecule has 0 radical (unpaired) electrons. The first kappa shape index (κ1) is 8.22. The molecule has 2 atom stereocenters. The zero-order valence-corrected chi connectivity index (χ0v) is 6.82. The minimum atomic E-state index is -0.627. The summed E-state index contributed by atoms with van der Waals surface area (Å²) in [5.74, 6) is -2.12. The van der Waals surface area contributed by atoms with Crippen LogP contribution in [-0.4, -0.2) is 24.0 Å². The summed E-state index contributed by atoms with van der Waals surface area (Å²) in [6.45, 7) is 0. The Hall–Kier alpha value is -1.39. The van der Waals surface area contributed by atoms with E-state index in [9.17, 15) is 14.4 Å². The maximum Gasteiger partial charge on any atom is 0.320 e. The second-order valence-electron chi connectivity index (χ2n) is 3.17. The van der Waals surface area contributed by atoms with Gasteiger partial charge in [0.25, 0.3) is 0 Å². The average molecular weight is 184 g/mol. The lowest BCUT2D eigenvalue weighted by atomic mass is 9.99. The Morgan fingerprint density at radius 1 is 1.15 bits per heavy atom. The van der Waals surface area contributed by atoms with Gasteiger partial charge in [-0.2, -0.15) is 0 Å². The molecule has 0 amide bonds. The Bertz CT molecular complexity index is 282. The summed E-state index contributed by atoms with van der Waals surface area (Å²) in [7, 11) is 0.